The maximum atomic E-state index is 11.5. The van der Waals surface area contributed by atoms with Crippen LogP contribution in [0.2, 0.25) is 0 Å². The van der Waals surface area contributed by atoms with Crippen molar-refractivity contribution < 1.29 is 13.3 Å². The zero-order chi connectivity index (χ0) is 11.6. The molecule has 0 spiro atoms. The van der Waals surface area contributed by atoms with Crippen LogP contribution in [0.1, 0.15) is 5.56 Å². The van der Waals surface area contributed by atoms with E-state index in [1.807, 2.05) is 0 Å². The number of sulfone groups is 1. The predicted octanol–water partition coefficient (Wildman–Crippen LogP) is 1.82. The first-order chi connectivity index (χ1) is 6.88. The number of benzene rings is 1. The Kier molecular flexibility index (Phi) is 2.90. The topological polar surface area (TPSA) is 77.3 Å². The van der Waals surface area contributed by atoms with E-state index in [0.717, 1.165) is 0 Å². The lowest BCUT2D eigenvalue weighted by Crippen LogP contribution is -2.02. The van der Waals surface area contributed by atoms with Crippen molar-refractivity contribution in [2.24, 2.45) is 0 Å². The highest BCUT2D eigenvalue weighted by Gasteiger charge is 2.22. The van der Waals surface area contributed by atoms with Crippen molar-refractivity contribution in [3.8, 4) is 0 Å². The Hall–Kier alpha value is -1.69. The van der Waals surface area contributed by atoms with Gasteiger partial charge in [-0.3, -0.25) is 10.1 Å². The predicted molar refractivity (Wildman–Crippen MR) is 55.2 cm³/mol. The van der Waals surface area contributed by atoms with E-state index in [9.17, 15) is 18.5 Å². The number of nitro benzene ring substituents is 1. The van der Waals surface area contributed by atoms with Gasteiger partial charge in [0.05, 0.1) is 4.92 Å². The van der Waals surface area contributed by atoms with Gasteiger partial charge in [-0.2, -0.15) is 0 Å². The normalized spacial score (nSPS) is 11.0. The minimum Gasteiger partial charge on any atom is -0.258 e. The van der Waals surface area contributed by atoms with Gasteiger partial charge < -0.3 is 0 Å². The smallest absolute Gasteiger partial charge is 0.258 e. The summed E-state index contributed by atoms with van der Waals surface area (Å²) in [6.07, 6.45) is 0. The van der Waals surface area contributed by atoms with Crippen LogP contribution in [0.4, 0.5) is 5.69 Å². The van der Waals surface area contributed by atoms with Crippen LogP contribution < -0.4 is 0 Å². The zero-order valence-corrected chi connectivity index (χ0v) is 8.82. The fraction of sp³-hybridized carbons (Fsp3) is 0.111. The number of nitrogens with zero attached hydrogens (tertiary/aromatic N) is 1. The Morgan fingerprint density at radius 1 is 1.47 bits per heavy atom. The molecule has 0 amide bonds. The quantitative estimate of drug-likeness (QED) is 0.583. The van der Waals surface area contributed by atoms with Crippen molar-refractivity contribution in [1.29, 1.82) is 0 Å². The Bertz CT molecular complexity index is 519. The van der Waals surface area contributed by atoms with Gasteiger partial charge in [0.1, 0.15) is 4.90 Å². The molecule has 0 aromatic heterocycles. The van der Waals surface area contributed by atoms with Gasteiger partial charge in [0.2, 0.25) is 9.84 Å². The molecule has 0 atom stereocenters. The van der Waals surface area contributed by atoms with E-state index >= 15 is 0 Å². The lowest BCUT2D eigenvalue weighted by atomic mass is 10.2. The molecular weight excluding hydrogens is 218 g/mol. The van der Waals surface area contributed by atoms with E-state index < -0.39 is 20.4 Å². The Balaban J connectivity index is 3.58. The molecule has 0 saturated heterocycles. The minimum atomic E-state index is -3.77. The summed E-state index contributed by atoms with van der Waals surface area (Å²) < 4.78 is 22.9. The molecule has 0 aliphatic rings. The molecule has 15 heavy (non-hydrogen) atoms. The van der Waals surface area contributed by atoms with Crippen LogP contribution in [0.25, 0.3) is 0 Å². The molecule has 0 radical (unpaired) electrons. The van der Waals surface area contributed by atoms with Crippen molar-refractivity contribution in [3.05, 3.63) is 45.9 Å². The van der Waals surface area contributed by atoms with Crippen molar-refractivity contribution >= 4 is 15.5 Å². The summed E-state index contributed by atoms with van der Waals surface area (Å²) in [6.45, 7) is 4.79. The molecule has 0 aliphatic carbocycles. The van der Waals surface area contributed by atoms with Gasteiger partial charge in [0.25, 0.3) is 5.69 Å². The van der Waals surface area contributed by atoms with Crippen molar-refractivity contribution in [2.75, 3.05) is 0 Å². The second-order valence-corrected chi connectivity index (χ2v) is 4.80. The molecule has 0 bridgehead atoms. The number of hydrogen-bond donors (Lipinski definition) is 0. The number of aryl methyl sites for hydroxylation is 1. The molecule has 1 rings (SSSR count). The fourth-order valence-electron chi connectivity index (χ4n) is 1.09. The van der Waals surface area contributed by atoms with E-state index in [4.69, 9.17) is 0 Å². The maximum absolute atomic E-state index is 11.5. The highest BCUT2D eigenvalue weighted by Crippen LogP contribution is 2.25. The molecule has 0 unspecified atom stereocenters. The van der Waals surface area contributed by atoms with Gasteiger partial charge in [-0.1, -0.05) is 12.6 Å². The van der Waals surface area contributed by atoms with Crippen LogP contribution in [0, 0.1) is 17.0 Å². The van der Waals surface area contributed by atoms with E-state index in [0.29, 0.717) is 11.0 Å². The van der Waals surface area contributed by atoms with Crippen molar-refractivity contribution in [1.82, 2.24) is 0 Å². The monoisotopic (exact) mass is 227 g/mol. The summed E-state index contributed by atoms with van der Waals surface area (Å²) in [4.78, 5) is 9.56. The largest absolute Gasteiger partial charge is 0.288 e. The number of hydrogen-bond acceptors (Lipinski definition) is 4. The van der Waals surface area contributed by atoms with Gasteiger partial charge in [-0.05, 0) is 18.6 Å². The summed E-state index contributed by atoms with van der Waals surface area (Å²) in [5.41, 5.74) is 0.210. The summed E-state index contributed by atoms with van der Waals surface area (Å²) >= 11 is 0. The molecule has 1 aromatic rings. The van der Waals surface area contributed by atoms with Gasteiger partial charge in [-0.25, -0.2) is 8.42 Å². The number of rotatable bonds is 3. The molecule has 5 nitrogen and oxygen atoms in total. The third-order valence-corrected chi connectivity index (χ3v) is 3.22. The third-order valence-electron chi connectivity index (χ3n) is 1.84. The lowest BCUT2D eigenvalue weighted by molar-refractivity contribution is -0.387. The second-order valence-electron chi connectivity index (χ2n) is 2.94. The lowest BCUT2D eigenvalue weighted by Gasteiger charge is -2.01. The van der Waals surface area contributed by atoms with Crippen LogP contribution in [-0.2, 0) is 9.84 Å². The molecule has 6 heteroatoms. The van der Waals surface area contributed by atoms with Crippen molar-refractivity contribution in [3.63, 3.8) is 0 Å². The molecule has 0 fully saturated rings. The van der Waals surface area contributed by atoms with Gasteiger partial charge in [0, 0.05) is 11.5 Å². The third kappa shape index (κ3) is 2.21. The van der Waals surface area contributed by atoms with Gasteiger partial charge >= 0.3 is 0 Å². The van der Waals surface area contributed by atoms with E-state index in [2.05, 4.69) is 6.58 Å². The van der Waals surface area contributed by atoms with Crippen LogP contribution in [0.3, 0.4) is 0 Å². The van der Waals surface area contributed by atoms with E-state index in [-0.39, 0.29) is 4.90 Å². The summed E-state index contributed by atoms with van der Waals surface area (Å²) in [5, 5.41) is 11.3. The molecule has 0 aliphatic heterocycles. The molecule has 0 saturated carbocycles. The Morgan fingerprint density at radius 2 is 2.07 bits per heavy atom. The first-order valence-electron chi connectivity index (χ1n) is 4.01. The zero-order valence-electron chi connectivity index (χ0n) is 8.00. The molecule has 0 N–H and O–H groups in total. The highest BCUT2D eigenvalue weighted by atomic mass is 32.2. The standard InChI is InChI=1S/C9H9NO4S/c1-3-15(13,14)9-6-7(2)4-5-8(9)10(11)12/h3-6H,1H2,2H3. The second kappa shape index (κ2) is 3.82. The van der Waals surface area contributed by atoms with E-state index in [1.165, 1.54) is 18.2 Å². The van der Waals surface area contributed by atoms with Crippen LogP contribution in [-0.4, -0.2) is 13.3 Å². The molecule has 1 aromatic carbocycles. The Morgan fingerprint density at radius 3 is 2.53 bits per heavy atom. The summed E-state index contributed by atoms with van der Waals surface area (Å²) in [5.74, 6) is 0. The minimum absolute atomic E-state index is 0.317. The van der Waals surface area contributed by atoms with Gasteiger partial charge in [-0.15, -0.1) is 0 Å². The van der Waals surface area contributed by atoms with Crippen LogP contribution in [0.5, 0.6) is 0 Å². The first kappa shape index (κ1) is 11.4. The summed E-state index contributed by atoms with van der Waals surface area (Å²) in [6, 6.07) is 3.92. The van der Waals surface area contributed by atoms with Crippen molar-refractivity contribution in [2.45, 2.75) is 11.8 Å². The average molecular weight is 227 g/mol. The molecular formula is C9H9NO4S. The average Bonchev–Trinajstić information content (AvgIpc) is 2.17. The fourth-order valence-corrected chi connectivity index (χ4v) is 2.05. The number of nitro groups is 1. The maximum Gasteiger partial charge on any atom is 0.288 e. The molecule has 0 heterocycles. The molecule has 80 valence electrons. The van der Waals surface area contributed by atoms with E-state index in [1.54, 1.807) is 6.92 Å². The SMILES string of the molecule is C=CS(=O)(=O)c1cc(C)ccc1[N+](=O)[O-]. The first-order valence-corrected chi connectivity index (χ1v) is 5.55. The Labute approximate surface area is 87.1 Å². The highest BCUT2D eigenvalue weighted by molar-refractivity contribution is 7.94. The summed E-state index contributed by atoms with van der Waals surface area (Å²) in [7, 11) is -3.77. The van der Waals surface area contributed by atoms with Gasteiger partial charge in [0.15, 0.2) is 0 Å². The van der Waals surface area contributed by atoms with Crippen LogP contribution in [0.15, 0.2) is 35.1 Å². The van der Waals surface area contributed by atoms with Crippen LogP contribution >= 0.6 is 0 Å².